The van der Waals surface area contributed by atoms with E-state index in [4.69, 9.17) is 21.1 Å². The third-order valence-corrected chi connectivity index (χ3v) is 7.48. The number of carbonyl (C=O) groups excluding carboxylic acids is 1. The first-order valence-corrected chi connectivity index (χ1v) is 13.6. The Morgan fingerprint density at radius 1 is 1.21 bits per heavy atom. The molecule has 1 fully saturated rings. The van der Waals surface area contributed by atoms with E-state index >= 15 is 4.39 Å². The second-order valence-corrected chi connectivity index (χ2v) is 10.5. The number of hydrogen-bond acceptors (Lipinski definition) is 6. The van der Waals surface area contributed by atoms with Crippen LogP contribution in [0.15, 0.2) is 36.5 Å². The number of rotatable bonds is 9. The Bertz CT molecular complexity index is 1720. The van der Waals surface area contributed by atoms with Gasteiger partial charge in [0.05, 0.1) is 32.0 Å². The van der Waals surface area contributed by atoms with Crippen molar-refractivity contribution >= 4 is 28.4 Å². The minimum absolute atomic E-state index is 0.0243. The molecule has 2 heterocycles. The van der Waals surface area contributed by atoms with Crippen LogP contribution < -0.4 is 14.8 Å². The number of hydrogen-bond donors (Lipinski definition) is 2. The van der Waals surface area contributed by atoms with Crippen LogP contribution in [0.5, 0.6) is 11.5 Å². The van der Waals surface area contributed by atoms with E-state index in [1.807, 2.05) is 0 Å². The molecule has 0 unspecified atom stereocenters. The van der Waals surface area contributed by atoms with Gasteiger partial charge in [-0.2, -0.15) is 18.3 Å². The molecule has 228 valence electrons. The molecular formula is C29H26ClF5N4O4. The molecule has 0 saturated heterocycles. The molecule has 1 amide bonds. The molecule has 1 atom stereocenters. The fraction of sp³-hybridized carbons (Fsp3) is 0.345. The highest BCUT2D eigenvalue weighted by molar-refractivity contribution is 6.31. The van der Waals surface area contributed by atoms with Crippen molar-refractivity contribution in [3.05, 3.63) is 70.0 Å². The summed E-state index contributed by atoms with van der Waals surface area (Å²) in [6.07, 6.45) is -1.70. The van der Waals surface area contributed by atoms with Gasteiger partial charge in [0.15, 0.2) is 5.82 Å². The van der Waals surface area contributed by atoms with Crippen molar-refractivity contribution in [1.82, 2.24) is 20.1 Å². The lowest BCUT2D eigenvalue weighted by molar-refractivity contribution is -0.265. The molecule has 1 aliphatic rings. The maximum Gasteiger partial charge on any atom is 0.424 e. The Morgan fingerprint density at radius 3 is 2.56 bits per heavy atom. The summed E-state index contributed by atoms with van der Waals surface area (Å²) in [5, 5.41) is 17.4. The number of aromatic nitrogens is 3. The third-order valence-electron chi connectivity index (χ3n) is 7.13. The van der Waals surface area contributed by atoms with Gasteiger partial charge in [-0.05, 0) is 62.6 Å². The molecule has 2 aromatic heterocycles. The van der Waals surface area contributed by atoms with Gasteiger partial charge in [-0.3, -0.25) is 9.48 Å². The highest BCUT2D eigenvalue weighted by Gasteiger charge is 2.56. The summed E-state index contributed by atoms with van der Waals surface area (Å²) in [6, 6.07) is 5.75. The number of pyridine rings is 1. The number of ether oxygens (including phenoxy) is 2. The van der Waals surface area contributed by atoms with Crippen molar-refractivity contribution in [3.63, 3.8) is 0 Å². The monoisotopic (exact) mass is 624 g/mol. The van der Waals surface area contributed by atoms with Crippen molar-refractivity contribution in [2.75, 3.05) is 20.3 Å². The first-order chi connectivity index (χ1) is 20.3. The number of nitrogens with zero attached hydrogens (tertiary/aromatic N) is 3. The van der Waals surface area contributed by atoms with E-state index in [9.17, 15) is 27.5 Å². The predicted octanol–water partition coefficient (Wildman–Crippen LogP) is 6.26. The minimum Gasteiger partial charge on any atom is -0.494 e. The van der Waals surface area contributed by atoms with E-state index in [0.717, 1.165) is 31.0 Å². The number of benzene rings is 2. The standard InChI is InChI=1S/C29H26ClF5N4O4/c1-4-43-26-14(2)9-21(37-25(26)18-7-8-19(31)22(30)23(18)32)28(41,29(33,34)35)13-36-27(40)15-10-16-12-39(17-5-6-17)38-24(16)20(11-15)42-3/h7-12,17,41H,4-6,13H2,1-3H3,(H,36,40)/t28-/m0/s1. The van der Waals surface area contributed by atoms with Gasteiger partial charge in [0, 0.05) is 22.7 Å². The fourth-order valence-electron chi connectivity index (χ4n) is 4.67. The summed E-state index contributed by atoms with van der Waals surface area (Å²) >= 11 is 5.72. The average Bonchev–Trinajstić information content (AvgIpc) is 3.73. The van der Waals surface area contributed by atoms with E-state index in [1.165, 1.54) is 26.2 Å². The van der Waals surface area contributed by atoms with Gasteiger partial charge in [0.2, 0.25) is 5.60 Å². The lowest BCUT2D eigenvalue weighted by Gasteiger charge is -2.31. The summed E-state index contributed by atoms with van der Waals surface area (Å²) < 4.78 is 85.0. The number of aryl methyl sites for hydroxylation is 1. The first kappa shape index (κ1) is 30.5. The quantitative estimate of drug-likeness (QED) is 0.169. The van der Waals surface area contributed by atoms with Gasteiger partial charge >= 0.3 is 6.18 Å². The van der Waals surface area contributed by atoms with Gasteiger partial charge < -0.3 is 19.9 Å². The average molecular weight is 625 g/mol. The van der Waals surface area contributed by atoms with Crippen molar-refractivity contribution in [2.24, 2.45) is 0 Å². The molecule has 0 bridgehead atoms. The molecule has 4 aromatic rings. The molecule has 0 aliphatic heterocycles. The van der Waals surface area contributed by atoms with E-state index in [0.29, 0.717) is 10.9 Å². The van der Waals surface area contributed by atoms with Crippen molar-refractivity contribution in [1.29, 1.82) is 0 Å². The van der Waals surface area contributed by atoms with Crippen LogP contribution in [0.25, 0.3) is 22.2 Å². The molecule has 2 N–H and O–H groups in total. The Hall–Kier alpha value is -3.97. The summed E-state index contributed by atoms with van der Waals surface area (Å²) in [5.41, 5.74) is -5.02. The number of alkyl halides is 3. The van der Waals surface area contributed by atoms with Crippen LogP contribution in [0.2, 0.25) is 5.02 Å². The molecule has 1 saturated carbocycles. The van der Waals surface area contributed by atoms with Gasteiger partial charge in [0.1, 0.15) is 33.5 Å². The van der Waals surface area contributed by atoms with E-state index in [1.54, 1.807) is 17.8 Å². The Kier molecular flexibility index (Phi) is 7.99. The zero-order valence-corrected chi connectivity index (χ0v) is 23.9. The molecule has 8 nitrogen and oxygen atoms in total. The lowest BCUT2D eigenvalue weighted by Crippen LogP contribution is -2.51. The van der Waals surface area contributed by atoms with Gasteiger partial charge in [-0.25, -0.2) is 13.8 Å². The lowest BCUT2D eigenvalue weighted by atomic mass is 9.94. The maximum atomic E-state index is 15.0. The molecule has 43 heavy (non-hydrogen) atoms. The number of halogens is 6. The van der Waals surface area contributed by atoms with Crippen LogP contribution in [-0.4, -0.2) is 52.2 Å². The van der Waals surface area contributed by atoms with Crippen LogP contribution in [0.4, 0.5) is 22.0 Å². The van der Waals surface area contributed by atoms with Crippen molar-refractivity contribution < 1.29 is 41.3 Å². The summed E-state index contributed by atoms with van der Waals surface area (Å²) in [5.74, 6) is -3.13. The second kappa shape index (κ2) is 11.3. The SMILES string of the molecule is CCOc1c(C)cc([C@@](O)(CNC(=O)c2cc(OC)c3nn(C4CC4)cc3c2)C(F)(F)F)nc1-c1ccc(F)c(Cl)c1F. The van der Waals surface area contributed by atoms with Crippen LogP contribution in [0, 0.1) is 18.6 Å². The summed E-state index contributed by atoms with van der Waals surface area (Å²) in [6.45, 7) is 1.67. The van der Waals surface area contributed by atoms with Crippen LogP contribution in [0.1, 0.15) is 47.4 Å². The van der Waals surface area contributed by atoms with E-state index in [2.05, 4.69) is 15.4 Å². The predicted molar refractivity (Wildman–Crippen MR) is 147 cm³/mol. The third kappa shape index (κ3) is 5.58. The maximum absolute atomic E-state index is 15.0. The normalized spacial score (nSPS) is 14.9. The Morgan fingerprint density at radius 2 is 1.93 bits per heavy atom. The topological polar surface area (TPSA) is 98.5 Å². The molecule has 0 spiro atoms. The number of methoxy groups -OCH3 is 1. The number of fused-ring (bicyclic) bond motifs is 1. The zero-order valence-electron chi connectivity index (χ0n) is 23.2. The summed E-state index contributed by atoms with van der Waals surface area (Å²) in [7, 11) is 1.38. The first-order valence-electron chi connectivity index (χ1n) is 13.2. The summed E-state index contributed by atoms with van der Waals surface area (Å²) in [4.78, 5) is 17.0. The molecule has 2 aromatic carbocycles. The molecule has 0 radical (unpaired) electrons. The molecule has 5 rings (SSSR count). The highest BCUT2D eigenvalue weighted by Crippen LogP contribution is 2.43. The number of amides is 1. The Balaban J connectivity index is 1.53. The highest BCUT2D eigenvalue weighted by atomic mass is 35.5. The number of carbonyl (C=O) groups is 1. The van der Waals surface area contributed by atoms with Crippen LogP contribution in [0.3, 0.4) is 0 Å². The fourth-order valence-corrected chi connectivity index (χ4v) is 4.84. The van der Waals surface area contributed by atoms with Crippen molar-refractivity contribution in [2.45, 2.75) is 44.5 Å². The van der Waals surface area contributed by atoms with E-state index < -0.39 is 57.8 Å². The molecule has 14 heteroatoms. The minimum atomic E-state index is -5.35. The van der Waals surface area contributed by atoms with Crippen molar-refractivity contribution in [3.8, 4) is 22.8 Å². The second-order valence-electron chi connectivity index (χ2n) is 10.2. The zero-order chi connectivity index (χ0) is 31.3. The van der Waals surface area contributed by atoms with Crippen LogP contribution in [-0.2, 0) is 5.60 Å². The van der Waals surface area contributed by atoms with Gasteiger partial charge in [-0.1, -0.05) is 11.6 Å². The molecule has 1 aliphatic carbocycles. The number of aliphatic hydroxyl groups is 1. The van der Waals surface area contributed by atoms with E-state index in [-0.39, 0.29) is 35.3 Å². The van der Waals surface area contributed by atoms with Gasteiger partial charge in [0.25, 0.3) is 5.91 Å². The number of nitrogens with one attached hydrogen (secondary N) is 1. The smallest absolute Gasteiger partial charge is 0.424 e. The molecular weight excluding hydrogens is 599 g/mol. The van der Waals surface area contributed by atoms with Gasteiger partial charge in [-0.15, -0.1) is 0 Å². The Labute approximate surface area is 247 Å². The largest absolute Gasteiger partial charge is 0.494 e. The van der Waals surface area contributed by atoms with Crippen LogP contribution >= 0.6 is 11.6 Å².